The highest BCUT2D eigenvalue weighted by Gasteiger charge is 2.45. The molecule has 4 atom stereocenters. The first-order valence-corrected chi connectivity index (χ1v) is 17.6. The third-order valence-corrected chi connectivity index (χ3v) is 11.7. The van der Waals surface area contributed by atoms with Gasteiger partial charge in [-0.15, -0.1) is 11.3 Å². The van der Waals surface area contributed by atoms with Gasteiger partial charge in [0.1, 0.15) is 28.2 Å². The van der Waals surface area contributed by atoms with Gasteiger partial charge >= 0.3 is 12.2 Å². The van der Waals surface area contributed by atoms with E-state index in [1.165, 1.54) is 13.0 Å². The topological polar surface area (TPSA) is 103 Å². The van der Waals surface area contributed by atoms with E-state index in [9.17, 15) is 14.0 Å². The summed E-state index contributed by atoms with van der Waals surface area (Å²) in [6.45, 7) is 6.80. The van der Waals surface area contributed by atoms with E-state index < -0.39 is 63.8 Å². The number of thiophene rings is 1. The number of hydrogen-bond acceptors (Lipinski definition) is 9. The van der Waals surface area contributed by atoms with Crippen molar-refractivity contribution in [1.29, 1.82) is 5.26 Å². The van der Waals surface area contributed by atoms with Crippen LogP contribution in [0.15, 0.2) is 12.1 Å². The molecule has 5 heterocycles. The molecule has 8 nitrogen and oxygen atoms in total. The van der Waals surface area contributed by atoms with Crippen LogP contribution in [0.1, 0.15) is 49.8 Å². The summed E-state index contributed by atoms with van der Waals surface area (Å²) in [4.78, 5) is 12.6. The molecule has 0 spiro atoms. The Morgan fingerprint density at radius 3 is 2.45 bits per heavy atom. The van der Waals surface area contributed by atoms with Crippen LogP contribution < -0.4 is 20.7 Å². The molecular formula is C35H36F7N7OS. The summed E-state index contributed by atoms with van der Waals surface area (Å²) in [6, 6.07) is 3.54. The second-order valence-corrected chi connectivity index (χ2v) is 15.2. The normalized spacial score (nSPS) is 24.2. The minimum atomic E-state index is -5.18. The van der Waals surface area contributed by atoms with Crippen molar-refractivity contribution < 1.29 is 35.5 Å². The molecule has 51 heavy (non-hydrogen) atoms. The zero-order chi connectivity index (χ0) is 36.6. The van der Waals surface area contributed by atoms with Crippen LogP contribution in [-0.2, 0) is 6.18 Å². The standard InChI is InChI=1S/C35H36F7N7OS/c1-4-48-8-7-21(30(38)39)34(3,14-48)15-50-33-46-29-19(32(47-33)49-12-17-5-6-18(13-49)45-17)10-22(35(40,41)42)25(28(29)37)26-24-20(11-43)31(44)51-23(24)9-16(2)27(26)36/h9-10,17-18,21,30,45H,4-8,12-15,44H2,1-3H3/t17-,18+,21-,34+/m1/s1. The van der Waals surface area contributed by atoms with Crippen molar-refractivity contribution in [3.63, 3.8) is 0 Å². The molecule has 0 amide bonds. The molecule has 3 fully saturated rings. The average molecular weight is 736 g/mol. The number of nitrogens with zero attached hydrogens (tertiary/aromatic N) is 5. The first kappa shape index (κ1) is 35.5. The number of anilines is 2. The summed E-state index contributed by atoms with van der Waals surface area (Å²) in [5.41, 5.74) is 0.718. The van der Waals surface area contributed by atoms with Crippen LogP contribution in [-0.4, -0.2) is 72.7 Å². The Kier molecular flexibility index (Phi) is 8.99. The van der Waals surface area contributed by atoms with Gasteiger partial charge in [0.25, 0.3) is 0 Å². The van der Waals surface area contributed by atoms with Crippen LogP contribution in [0.2, 0.25) is 0 Å². The Morgan fingerprint density at radius 1 is 1.12 bits per heavy atom. The van der Waals surface area contributed by atoms with Crippen LogP contribution in [0.4, 0.5) is 41.6 Å². The monoisotopic (exact) mass is 735 g/mol. The maximum Gasteiger partial charge on any atom is 0.417 e. The zero-order valence-electron chi connectivity index (χ0n) is 28.1. The molecule has 0 aliphatic carbocycles. The first-order valence-electron chi connectivity index (χ1n) is 16.8. The van der Waals surface area contributed by atoms with Gasteiger partial charge < -0.3 is 25.6 Å². The number of nitrogens with one attached hydrogen (secondary N) is 1. The number of benzene rings is 2. The molecule has 3 saturated heterocycles. The van der Waals surface area contributed by atoms with E-state index in [4.69, 9.17) is 10.5 Å². The van der Waals surface area contributed by atoms with Crippen molar-refractivity contribution in [3.05, 3.63) is 40.5 Å². The SMILES string of the molecule is CCN1CC[C@H](C(F)F)[C@](C)(COc2nc(N3C[C@H]4CC[C@@H](C3)N4)c3cc(C(F)(F)F)c(-c4c(F)c(C)cc5sc(N)c(C#N)c45)c(F)c3n2)C1. The fourth-order valence-electron chi connectivity index (χ4n) is 8.12. The number of alkyl halides is 5. The molecule has 3 aliphatic heterocycles. The highest BCUT2D eigenvalue weighted by Crippen LogP contribution is 2.49. The van der Waals surface area contributed by atoms with Crippen LogP contribution in [0.3, 0.4) is 0 Å². The molecule has 272 valence electrons. The van der Waals surface area contributed by atoms with E-state index >= 15 is 22.0 Å². The summed E-state index contributed by atoms with van der Waals surface area (Å²) in [5.74, 6) is -3.65. The molecule has 2 aromatic carbocycles. The number of halogens is 7. The van der Waals surface area contributed by atoms with Crippen LogP contribution in [0.25, 0.3) is 32.1 Å². The Morgan fingerprint density at radius 2 is 1.82 bits per heavy atom. The molecule has 7 rings (SSSR count). The van der Waals surface area contributed by atoms with Crippen molar-refractivity contribution in [1.82, 2.24) is 20.2 Å². The lowest BCUT2D eigenvalue weighted by Crippen LogP contribution is -2.52. The van der Waals surface area contributed by atoms with Crippen LogP contribution >= 0.6 is 11.3 Å². The Labute approximate surface area is 293 Å². The number of nitrogen functional groups attached to an aromatic ring is 1. The fourth-order valence-corrected chi connectivity index (χ4v) is 9.15. The molecule has 3 aliphatic rings. The van der Waals surface area contributed by atoms with E-state index in [2.05, 4.69) is 15.3 Å². The fraction of sp³-hybridized carbons (Fsp3) is 0.514. The number of aryl methyl sites for hydroxylation is 1. The van der Waals surface area contributed by atoms with Gasteiger partial charge in [0, 0.05) is 69.7 Å². The largest absolute Gasteiger partial charge is 0.463 e. The summed E-state index contributed by atoms with van der Waals surface area (Å²) >= 11 is 0.881. The first-order chi connectivity index (χ1) is 24.1. The predicted octanol–water partition coefficient (Wildman–Crippen LogP) is 7.50. The van der Waals surface area contributed by atoms with Gasteiger partial charge in [0.2, 0.25) is 6.43 Å². The number of hydrogen-bond donors (Lipinski definition) is 2. The van der Waals surface area contributed by atoms with Gasteiger partial charge in [0.05, 0.1) is 17.7 Å². The average Bonchev–Trinajstić information content (AvgIpc) is 3.59. The Balaban J connectivity index is 1.46. The van der Waals surface area contributed by atoms with E-state index in [1.807, 2.05) is 17.9 Å². The molecule has 16 heteroatoms. The molecule has 2 aromatic heterocycles. The maximum atomic E-state index is 17.2. The smallest absolute Gasteiger partial charge is 0.417 e. The zero-order valence-corrected chi connectivity index (χ0v) is 28.9. The molecular weight excluding hydrogens is 699 g/mol. The van der Waals surface area contributed by atoms with Crippen molar-refractivity contribution in [2.45, 2.75) is 64.7 Å². The van der Waals surface area contributed by atoms with E-state index in [0.29, 0.717) is 32.7 Å². The van der Waals surface area contributed by atoms with E-state index in [-0.39, 0.29) is 62.5 Å². The second-order valence-electron chi connectivity index (χ2n) is 14.1. The minimum absolute atomic E-state index is 0.00825. The van der Waals surface area contributed by atoms with Crippen molar-refractivity contribution in [2.24, 2.45) is 11.3 Å². The van der Waals surface area contributed by atoms with Crippen molar-refractivity contribution >= 4 is 43.1 Å². The molecule has 3 N–H and O–H groups in total. The van der Waals surface area contributed by atoms with E-state index in [1.54, 1.807) is 11.8 Å². The number of piperazine rings is 1. The molecule has 0 radical (unpaired) electrons. The van der Waals surface area contributed by atoms with Crippen molar-refractivity contribution in [2.75, 3.05) is 50.0 Å². The van der Waals surface area contributed by atoms with Gasteiger partial charge in [-0.3, -0.25) is 0 Å². The highest BCUT2D eigenvalue weighted by atomic mass is 32.1. The van der Waals surface area contributed by atoms with Gasteiger partial charge in [-0.05, 0) is 57.0 Å². The Hall–Kier alpha value is -3.94. The number of likely N-dealkylation sites (tertiary alicyclic amines) is 1. The quantitative estimate of drug-likeness (QED) is 0.188. The number of fused-ring (bicyclic) bond motifs is 4. The summed E-state index contributed by atoms with van der Waals surface area (Å²) < 4.78 is 113. The van der Waals surface area contributed by atoms with Gasteiger partial charge in [0.15, 0.2) is 5.82 Å². The van der Waals surface area contributed by atoms with Crippen molar-refractivity contribution in [3.8, 4) is 23.2 Å². The van der Waals surface area contributed by atoms with E-state index in [0.717, 1.165) is 30.2 Å². The number of piperidine rings is 1. The summed E-state index contributed by atoms with van der Waals surface area (Å²) in [7, 11) is 0. The lowest BCUT2D eigenvalue weighted by molar-refractivity contribution is -0.137. The van der Waals surface area contributed by atoms with Crippen LogP contribution in [0.5, 0.6) is 6.01 Å². The summed E-state index contributed by atoms with van der Waals surface area (Å²) in [5, 5.41) is 12.8. The number of ether oxygens (including phenoxy) is 1. The second kappa shape index (κ2) is 12.9. The van der Waals surface area contributed by atoms with Gasteiger partial charge in [-0.1, -0.05) is 13.8 Å². The van der Waals surface area contributed by atoms with Gasteiger partial charge in [-0.25, -0.2) is 17.6 Å². The Bertz CT molecular complexity index is 2050. The number of nitrogens with two attached hydrogens (primary N) is 1. The third kappa shape index (κ3) is 6.10. The molecule has 0 saturated carbocycles. The third-order valence-electron chi connectivity index (χ3n) is 10.7. The van der Waals surface area contributed by atoms with Gasteiger partial charge in [-0.2, -0.15) is 28.4 Å². The lowest BCUT2D eigenvalue weighted by atomic mass is 9.73. The minimum Gasteiger partial charge on any atom is -0.463 e. The molecule has 0 unspecified atom stereocenters. The lowest BCUT2D eigenvalue weighted by Gasteiger charge is -2.45. The maximum absolute atomic E-state index is 17.2. The predicted molar refractivity (Wildman–Crippen MR) is 181 cm³/mol. The molecule has 4 aromatic rings. The highest BCUT2D eigenvalue weighted by molar-refractivity contribution is 7.23. The number of rotatable bonds is 7. The number of nitriles is 1. The van der Waals surface area contributed by atoms with Crippen LogP contribution in [0, 0.1) is 41.2 Å². The number of aromatic nitrogens is 2. The summed E-state index contributed by atoms with van der Waals surface area (Å²) in [6.07, 6.45) is -5.93. The molecule has 2 bridgehead atoms.